The number of esters is 1. The zero-order valence-electron chi connectivity index (χ0n) is 14.1. The van der Waals surface area contributed by atoms with Crippen molar-refractivity contribution in [2.45, 2.75) is 44.4 Å². The molecular formula is C17H27O4PS. The summed E-state index contributed by atoms with van der Waals surface area (Å²) in [7, 11) is -2.08. The fourth-order valence-corrected chi connectivity index (χ4v) is 5.67. The van der Waals surface area contributed by atoms with Gasteiger partial charge < -0.3 is 14.0 Å². The largest absolute Gasteiger partial charge is 0.466 e. The van der Waals surface area contributed by atoms with Crippen molar-refractivity contribution in [2.24, 2.45) is 5.92 Å². The average Bonchev–Trinajstić information content (AvgIpc) is 2.57. The Morgan fingerprint density at radius 2 is 1.87 bits per heavy atom. The standard InChI is InChI=1S/C17H27O4PS/c1-4-10-15(16(18)20-5-2)17(21-6-3)22(19)13-23-14-11-8-7-9-12-14/h7-9,11-12,15,17,22H,4-6,10,13H2,1-3H3. The molecule has 0 spiro atoms. The third-order valence-corrected chi connectivity index (χ3v) is 6.87. The van der Waals surface area contributed by atoms with Crippen LogP contribution in [-0.4, -0.2) is 30.5 Å². The van der Waals surface area contributed by atoms with Crippen LogP contribution in [-0.2, 0) is 18.8 Å². The molecule has 0 saturated carbocycles. The molecule has 0 aromatic heterocycles. The zero-order valence-corrected chi connectivity index (χ0v) is 15.9. The van der Waals surface area contributed by atoms with Gasteiger partial charge in [-0.25, -0.2) is 0 Å². The fraction of sp³-hybridized carbons (Fsp3) is 0.588. The van der Waals surface area contributed by atoms with Crippen LogP contribution in [0, 0.1) is 5.92 Å². The number of ether oxygens (including phenoxy) is 2. The molecule has 0 amide bonds. The van der Waals surface area contributed by atoms with Crippen molar-refractivity contribution in [1.82, 2.24) is 0 Å². The number of carbonyl (C=O) groups excluding carboxylic acids is 1. The number of hydrogen-bond donors (Lipinski definition) is 0. The van der Waals surface area contributed by atoms with E-state index in [9.17, 15) is 9.36 Å². The Bertz CT molecular complexity index is 481. The monoisotopic (exact) mass is 358 g/mol. The molecule has 0 saturated heterocycles. The van der Waals surface area contributed by atoms with Gasteiger partial charge in [-0.3, -0.25) is 4.79 Å². The second-order valence-corrected chi connectivity index (χ2v) is 8.51. The maximum absolute atomic E-state index is 12.8. The fourth-order valence-electron chi connectivity index (χ4n) is 2.32. The van der Waals surface area contributed by atoms with Gasteiger partial charge in [0.1, 0.15) is 13.6 Å². The maximum atomic E-state index is 12.8. The molecule has 6 heteroatoms. The van der Waals surface area contributed by atoms with E-state index in [1.807, 2.05) is 44.2 Å². The van der Waals surface area contributed by atoms with E-state index in [1.54, 1.807) is 18.7 Å². The Morgan fingerprint density at radius 1 is 1.17 bits per heavy atom. The van der Waals surface area contributed by atoms with Gasteiger partial charge in [0.2, 0.25) is 0 Å². The maximum Gasteiger partial charge on any atom is 0.312 e. The summed E-state index contributed by atoms with van der Waals surface area (Å²) in [6.07, 6.45) is 1.46. The molecule has 0 aliphatic heterocycles. The van der Waals surface area contributed by atoms with Crippen molar-refractivity contribution in [1.29, 1.82) is 0 Å². The summed E-state index contributed by atoms with van der Waals surface area (Å²) in [5, 5.41) is 0. The summed E-state index contributed by atoms with van der Waals surface area (Å²) >= 11 is 1.54. The second-order valence-electron chi connectivity index (χ2n) is 5.09. The Labute approximate surface area is 144 Å². The van der Waals surface area contributed by atoms with Crippen LogP contribution in [0.25, 0.3) is 0 Å². The molecule has 0 aliphatic rings. The van der Waals surface area contributed by atoms with Crippen molar-refractivity contribution in [2.75, 3.05) is 18.7 Å². The first-order valence-electron chi connectivity index (χ1n) is 8.12. The summed E-state index contributed by atoms with van der Waals surface area (Å²) in [5.41, 5.74) is 0.471. The van der Waals surface area contributed by atoms with Crippen LogP contribution >= 0.6 is 19.6 Å². The Kier molecular flexibility index (Phi) is 10.3. The Balaban J connectivity index is 2.75. The minimum absolute atomic E-state index is 0.295. The SMILES string of the molecule is CCCC(C(=O)OCC)C(OCC)[PH](=O)CSc1ccccc1. The quantitative estimate of drug-likeness (QED) is 0.328. The predicted octanol–water partition coefficient (Wildman–Crippen LogP) is 4.64. The first-order chi connectivity index (χ1) is 11.1. The lowest BCUT2D eigenvalue weighted by Gasteiger charge is -2.25. The van der Waals surface area contributed by atoms with Crippen LogP contribution in [0.5, 0.6) is 0 Å². The van der Waals surface area contributed by atoms with Crippen molar-refractivity contribution in [3.05, 3.63) is 30.3 Å². The van der Waals surface area contributed by atoms with Crippen LogP contribution in [0.2, 0.25) is 0 Å². The van der Waals surface area contributed by atoms with E-state index in [-0.39, 0.29) is 5.97 Å². The molecule has 23 heavy (non-hydrogen) atoms. The highest BCUT2D eigenvalue weighted by atomic mass is 32.2. The van der Waals surface area contributed by atoms with Crippen LogP contribution in [0.1, 0.15) is 33.6 Å². The number of hydrogen-bond acceptors (Lipinski definition) is 5. The molecule has 3 atom stereocenters. The number of benzene rings is 1. The van der Waals surface area contributed by atoms with Gasteiger partial charge >= 0.3 is 5.97 Å². The molecule has 3 unspecified atom stereocenters. The highest BCUT2D eigenvalue weighted by Gasteiger charge is 2.33. The average molecular weight is 358 g/mol. The summed E-state index contributed by atoms with van der Waals surface area (Å²) in [6.45, 7) is 6.42. The summed E-state index contributed by atoms with van der Waals surface area (Å²) in [6, 6.07) is 9.85. The number of rotatable bonds is 11. The summed E-state index contributed by atoms with van der Waals surface area (Å²) < 4.78 is 23.6. The molecule has 0 aliphatic carbocycles. The highest BCUT2D eigenvalue weighted by molar-refractivity contribution is 8.03. The van der Waals surface area contributed by atoms with Gasteiger partial charge in [0.25, 0.3) is 0 Å². The van der Waals surface area contributed by atoms with Crippen molar-refractivity contribution in [3.63, 3.8) is 0 Å². The summed E-state index contributed by atoms with van der Waals surface area (Å²) in [5.74, 6) is -1.28. The van der Waals surface area contributed by atoms with E-state index >= 15 is 0 Å². The molecule has 130 valence electrons. The van der Waals surface area contributed by atoms with Crippen LogP contribution in [0.3, 0.4) is 0 Å². The van der Waals surface area contributed by atoms with Gasteiger partial charge in [0, 0.05) is 11.5 Å². The molecule has 0 heterocycles. The molecule has 0 fully saturated rings. The predicted molar refractivity (Wildman–Crippen MR) is 96.6 cm³/mol. The van der Waals surface area contributed by atoms with Crippen molar-refractivity contribution in [3.8, 4) is 0 Å². The van der Waals surface area contributed by atoms with Crippen molar-refractivity contribution < 1.29 is 18.8 Å². The van der Waals surface area contributed by atoms with Gasteiger partial charge in [0.15, 0.2) is 0 Å². The molecule has 4 nitrogen and oxygen atoms in total. The highest BCUT2D eigenvalue weighted by Crippen LogP contribution is 2.41. The van der Waals surface area contributed by atoms with Gasteiger partial charge in [-0.15, -0.1) is 11.8 Å². The first-order valence-corrected chi connectivity index (χ1v) is 10.8. The van der Waals surface area contributed by atoms with Crippen LogP contribution in [0.15, 0.2) is 35.2 Å². The van der Waals surface area contributed by atoms with Gasteiger partial charge in [-0.2, -0.15) is 0 Å². The normalized spacial score (nSPS) is 14.9. The lowest BCUT2D eigenvalue weighted by molar-refractivity contribution is -0.151. The smallest absolute Gasteiger partial charge is 0.312 e. The van der Waals surface area contributed by atoms with E-state index in [0.717, 1.165) is 11.3 Å². The lowest BCUT2D eigenvalue weighted by atomic mass is 10.1. The Hall–Kier alpha value is -0.770. The third kappa shape index (κ3) is 7.11. The Morgan fingerprint density at radius 3 is 2.43 bits per heavy atom. The van der Waals surface area contributed by atoms with E-state index in [4.69, 9.17) is 9.47 Å². The third-order valence-electron chi connectivity index (χ3n) is 3.34. The molecule has 1 aromatic rings. The second kappa shape index (κ2) is 11.7. The summed E-state index contributed by atoms with van der Waals surface area (Å²) in [4.78, 5) is 13.3. The molecule has 0 bridgehead atoms. The molecule has 0 N–H and O–H groups in total. The van der Waals surface area contributed by atoms with Gasteiger partial charge in [0.05, 0.1) is 18.0 Å². The van der Waals surface area contributed by atoms with Gasteiger partial charge in [-0.05, 0) is 32.4 Å². The number of carbonyl (C=O) groups is 1. The molecular weight excluding hydrogens is 331 g/mol. The van der Waals surface area contributed by atoms with E-state index in [1.165, 1.54) is 0 Å². The topological polar surface area (TPSA) is 52.6 Å². The van der Waals surface area contributed by atoms with Crippen LogP contribution < -0.4 is 0 Å². The molecule has 1 rings (SSSR count). The van der Waals surface area contributed by atoms with E-state index in [0.29, 0.717) is 25.1 Å². The first kappa shape index (κ1) is 20.3. The minimum Gasteiger partial charge on any atom is -0.466 e. The van der Waals surface area contributed by atoms with E-state index < -0.39 is 19.6 Å². The minimum atomic E-state index is -2.08. The van der Waals surface area contributed by atoms with Crippen molar-refractivity contribution >= 4 is 25.5 Å². The molecule has 0 radical (unpaired) electrons. The van der Waals surface area contributed by atoms with Crippen LogP contribution in [0.4, 0.5) is 0 Å². The molecule has 1 aromatic carbocycles. The zero-order chi connectivity index (χ0) is 17.1. The van der Waals surface area contributed by atoms with Gasteiger partial charge in [-0.1, -0.05) is 31.5 Å². The van der Waals surface area contributed by atoms with E-state index in [2.05, 4.69) is 0 Å². The number of thioether (sulfide) groups is 1. The lowest BCUT2D eigenvalue weighted by Crippen LogP contribution is -2.30.